The number of aryl methyl sites for hydroxylation is 1. The standard InChI is InChI=1S/C14H14F2N4OS/c1-2-5-11-18-12(21-19-11)8-22-14-17-9-6-3-4-7-10(9)20(14)13(15)16/h3-4,6-7,13H,2,5,8H2,1H3. The summed E-state index contributed by atoms with van der Waals surface area (Å²) >= 11 is 1.16. The highest BCUT2D eigenvalue weighted by molar-refractivity contribution is 7.98. The van der Waals surface area contributed by atoms with Crippen molar-refractivity contribution in [3.8, 4) is 0 Å². The van der Waals surface area contributed by atoms with Crippen LogP contribution in [0.5, 0.6) is 0 Å². The van der Waals surface area contributed by atoms with Crippen molar-refractivity contribution in [3.63, 3.8) is 0 Å². The Kier molecular flexibility index (Phi) is 4.37. The summed E-state index contributed by atoms with van der Waals surface area (Å²) in [5, 5.41) is 4.09. The summed E-state index contributed by atoms with van der Waals surface area (Å²) < 4.78 is 32.6. The van der Waals surface area contributed by atoms with Gasteiger partial charge >= 0.3 is 6.55 Å². The third-order valence-electron chi connectivity index (χ3n) is 3.07. The van der Waals surface area contributed by atoms with Crippen molar-refractivity contribution in [2.45, 2.75) is 37.2 Å². The summed E-state index contributed by atoms with van der Waals surface area (Å²) in [5.74, 6) is 1.37. The van der Waals surface area contributed by atoms with E-state index in [0.717, 1.165) is 29.2 Å². The number of thioether (sulfide) groups is 1. The van der Waals surface area contributed by atoms with E-state index < -0.39 is 6.55 Å². The van der Waals surface area contributed by atoms with E-state index in [4.69, 9.17) is 4.52 Å². The highest BCUT2D eigenvalue weighted by Crippen LogP contribution is 2.30. The summed E-state index contributed by atoms with van der Waals surface area (Å²) in [4.78, 5) is 8.47. The summed E-state index contributed by atoms with van der Waals surface area (Å²) in [5.41, 5.74) is 0.958. The van der Waals surface area contributed by atoms with Crippen LogP contribution >= 0.6 is 11.8 Å². The topological polar surface area (TPSA) is 56.7 Å². The smallest absolute Gasteiger partial charge is 0.321 e. The van der Waals surface area contributed by atoms with Crippen LogP contribution in [0.1, 0.15) is 31.6 Å². The summed E-state index contributed by atoms with van der Waals surface area (Å²) in [6, 6.07) is 6.83. The molecule has 0 aliphatic carbocycles. The molecule has 0 amide bonds. The number of halogens is 2. The van der Waals surface area contributed by atoms with E-state index in [1.54, 1.807) is 24.3 Å². The second kappa shape index (κ2) is 6.43. The number of hydrogen-bond donors (Lipinski definition) is 0. The van der Waals surface area contributed by atoms with Gasteiger partial charge in [0.25, 0.3) is 0 Å². The molecule has 22 heavy (non-hydrogen) atoms. The van der Waals surface area contributed by atoms with E-state index in [0.29, 0.717) is 28.5 Å². The highest BCUT2D eigenvalue weighted by atomic mass is 32.2. The average Bonchev–Trinajstić information content (AvgIpc) is 3.09. The minimum Gasteiger partial charge on any atom is -0.338 e. The number of benzene rings is 1. The fourth-order valence-electron chi connectivity index (χ4n) is 2.11. The molecule has 0 saturated carbocycles. The maximum Gasteiger partial charge on any atom is 0.321 e. The van der Waals surface area contributed by atoms with Gasteiger partial charge in [0.2, 0.25) is 5.89 Å². The van der Waals surface area contributed by atoms with Gasteiger partial charge in [0.1, 0.15) is 0 Å². The minimum atomic E-state index is -2.65. The van der Waals surface area contributed by atoms with Crippen LogP contribution in [-0.2, 0) is 12.2 Å². The molecule has 0 spiro atoms. The molecule has 0 atom stereocenters. The second-order valence-electron chi connectivity index (χ2n) is 4.67. The van der Waals surface area contributed by atoms with Crippen LogP contribution in [0, 0.1) is 0 Å². The van der Waals surface area contributed by atoms with Crippen molar-refractivity contribution in [2.75, 3.05) is 0 Å². The minimum absolute atomic E-state index is 0.242. The van der Waals surface area contributed by atoms with E-state index in [-0.39, 0.29) is 5.16 Å². The molecule has 3 aromatic rings. The Hall–Kier alpha value is -1.96. The zero-order chi connectivity index (χ0) is 15.5. The van der Waals surface area contributed by atoms with Crippen LogP contribution in [0.25, 0.3) is 11.0 Å². The van der Waals surface area contributed by atoms with E-state index in [1.165, 1.54) is 0 Å². The molecule has 0 radical (unpaired) electrons. The Bertz CT molecular complexity index is 771. The van der Waals surface area contributed by atoms with Crippen LogP contribution in [0.4, 0.5) is 8.78 Å². The first kappa shape index (κ1) is 15.0. The molecule has 5 nitrogen and oxygen atoms in total. The molecule has 8 heteroatoms. The third-order valence-corrected chi connectivity index (χ3v) is 4.00. The number of hydrogen-bond acceptors (Lipinski definition) is 5. The monoisotopic (exact) mass is 324 g/mol. The van der Waals surface area contributed by atoms with Gasteiger partial charge in [0.05, 0.1) is 16.8 Å². The molecule has 1 aromatic carbocycles. The molecular weight excluding hydrogens is 310 g/mol. The molecule has 0 bridgehead atoms. The molecule has 0 aliphatic rings. The lowest BCUT2D eigenvalue weighted by atomic mass is 10.3. The molecule has 0 aliphatic heterocycles. The number of imidazole rings is 1. The Morgan fingerprint density at radius 1 is 1.27 bits per heavy atom. The van der Waals surface area contributed by atoms with Gasteiger partial charge < -0.3 is 4.52 Å². The fraction of sp³-hybridized carbons (Fsp3) is 0.357. The van der Waals surface area contributed by atoms with E-state index >= 15 is 0 Å². The van der Waals surface area contributed by atoms with Gasteiger partial charge in [-0.25, -0.2) is 4.98 Å². The largest absolute Gasteiger partial charge is 0.338 e. The van der Waals surface area contributed by atoms with Crippen LogP contribution in [0.2, 0.25) is 0 Å². The van der Waals surface area contributed by atoms with Gasteiger partial charge in [0.15, 0.2) is 11.0 Å². The van der Waals surface area contributed by atoms with Gasteiger partial charge in [-0.15, -0.1) is 0 Å². The molecule has 3 rings (SSSR count). The van der Waals surface area contributed by atoms with Crippen molar-refractivity contribution in [1.82, 2.24) is 19.7 Å². The lowest BCUT2D eigenvalue weighted by molar-refractivity contribution is 0.0656. The van der Waals surface area contributed by atoms with E-state index in [1.807, 2.05) is 6.92 Å². The third kappa shape index (κ3) is 2.96. The quantitative estimate of drug-likeness (QED) is 0.640. The number of alkyl halides is 2. The molecule has 0 fully saturated rings. The van der Waals surface area contributed by atoms with Crippen molar-refractivity contribution in [1.29, 1.82) is 0 Å². The highest BCUT2D eigenvalue weighted by Gasteiger charge is 2.18. The fourth-order valence-corrected chi connectivity index (χ4v) is 2.96. The lowest BCUT2D eigenvalue weighted by Gasteiger charge is -2.05. The second-order valence-corrected chi connectivity index (χ2v) is 5.62. The van der Waals surface area contributed by atoms with Gasteiger partial charge in [-0.1, -0.05) is 36.0 Å². The molecule has 0 unspecified atom stereocenters. The van der Waals surface area contributed by atoms with Crippen molar-refractivity contribution in [2.24, 2.45) is 0 Å². The number of aromatic nitrogens is 4. The maximum atomic E-state index is 13.3. The van der Waals surface area contributed by atoms with Crippen molar-refractivity contribution >= 4 is 22.8 Å². The maximum absolute atomic E-state index is 13.3. The van der Waals surface area contributed by atoms with Gasteiger partial charge in [-0.2, -0.15) is 13.8 Å². The van der Waals surface area contributed by atoms with Crippen molar-refractivity contribution in [3.05, 3.63) is 36.0 Å². The molecule has 116 valence electrons. The number of nitrogens with zero attached hydrogens (tertiary/aromatic N) is 4. The van der Waals surface area contributed by atoms with Crippen LogP contribution in [0.3, 0.4) is 0 Å². The number of para-hydroxylation sites is 2. The first-order valence-electron chi connectivity index (χ1n) is 6.88. The predicted octanol–water partition coefficient (Wildman–Crippen LogP) is 4.06. The molecule has 2 aromatic heterocycles. The van der Waals surface area contributed by atoms with Crippen LogP contribution in [-0.4, -0.2) is 19.7 Å². The molecule has 2 heterocycles. The van der Waals surface area contributed by atoms with Gasteiger partial charge in [-0.3, -0.25) is 4.57 Å². The number of fused-ring (bicyclic) bond motifs is 1. The summed E-state index contributed by atoms with van der Waals surface area (Å²) in [7, 11) is 0. The Morgan fingerprint density at radius 2 is 2.09 bits per heavy atom. The van der Waals surface area contributed by atoms with Crippen molar-refractivity contribution < 1.29 is 13.3 Å². The van der Waals surface area contributed by atoms with Gasteiger partial charge in [-0.05, 0) is 18.6 Å². The predicted molar refractivity (Wildman–Crippen MR) is 78.8 cm³/mol. The first-order chi connectivity index (χ1) is 10.7. The molecule has 0 N–H and O–H groups in total. The first-order valence-corrected chi connectivity index (χ1v) is 7.87. The Labute approximate surface area is 129 Å². The normalized spacial score (nSPS) is 11.6. The summed E-state index contributed by atoms with van der Waals surface area (Å²) in [6.07, 6.45) is 1.66. The zero-order valence-electron chi connectivity index (χ0n) is 11.9. The lowest BCUT2D eigenvalue weighted by Crippen LogP contribution is -2.00. The van der Waals surface area contributed by atoms with E-state index in [9.17, 15) is 8.78 Å². The van der Waals surface area contributed by atoms with Crippen LogP contribution < -0.4 is 0 Å². The Balaban J connectivity index is 1.82. The van der Waals surface area contributed by atoms with Crippen LogP contribution in [0.15, 0.2) is 33.9 Å². The Morgan fingerprint density at radius 3 is 2.86 bits per heavy atom. The molecular formula is C14H14F2N4OS. The summed E-state index contributed by atoms with van der Waals surface area (Å²) in [6.45, 7) is -0.622. The number of rotatable bonds is 6. The zero-order valence-corrected chi connectivity index (χ0v) is 12.7. The average molecular weight is 324 g/mol. The molecule has 0 saturated heterocycles. The SMILES string of the molecule is CCCc1noc(CSc2nc3ccccc3n2C(F)F)n1. The van der Waals surface area contributed by atoms with E-state index in [2.05, 4.69) is 15.1 Å². The van der Waals surface area contributed by atoms with Gasteiger partial charge in [0, 0.05) is 6.42 Å².